The minimum absolute atomic E-state index is 0. The molecule has 1 aromatic rings. The molecular weight excluding hydrogens is 297 g/mol. The van der Waals surface area contributed by atoms with Gasteiger partial charge in [-0.3, -0.25) is 9.59 Å². The van der Waals surface area contributed by atoms with Gasteiger partial charge in [0.15, 0.2) is 0 Å². The second-order valence-corrected chi connectivity index (χ2v) is 4.03. The van der Waals surface area contributed by atoms with Crippen LogP contribution in [0, 0.1) is 0 Å². The SMILES string of the molecule is C[C@H](CN)NC(=O)c1c[nH]c(=O)c(Br)c1.Cl. The van der Waals surface area contributed by atoms with Gasteiger partial charge in [0, 0.05) is 18.8 Å². The molecular formula is C9H13BrClN3O2. The lowest BCUT2D eigenvalue weighted by atomic mass is 10.2. The minimum atomic E-state index is -0.265. The number of carbonyl (C=O) groups excluding carboxylic acids is 1. The number of pyridine rings is 1. The summed E-state index contributed by atoms with van der Waals surface area (Å²) < 4.78 is 0.329. The smallest absolute Gasteiger partial charge is 0.262 e. The molecule has 1 aromatic heterocycles. The average molecular weight is 311 g/mol. The summed E-state index contributed by atoms with van der Waals surface area (Å²) in [6.07, 6.45) is 1.37. The van der Waals surface area contributed by atoms with Gasteiger partial charge in [0.1, 0.15) is 0 Å². The summed E-state index contributed by atoms with van der Waals surface area (Å²) in [5.41, 5.74) is 5.50. The van der Waals surface area contributed by atoms with E-state index < -0.39 is 0 Å². The van der Waals surface area contributed by atoms with Crippen LogP contribution in [0.4, 0.5) is 0 Å². The van der Waals surface area contributed by atoms with Crippen molar-refractivity contribution in [2.24, 2.45) is 5.73 Å². The highest BCUT2D eigenvalue weighted by Gasteiger charge is 2.09. The molecule has 0 saturated carbocycles. The van der Waals surface area contributed by atoms with E-state index in [2.05, 4.69) is 26.2 Å². The van der Waals surface area contributed by atoms with Gasteiger partial charge in [-0.05, 0) is 28.9 Å². The Labute approximate surface area is 107 Å². The highest BCUT2D eigenvalue weighted by atomic mass is 79.9. The van der Waals surface area contributed by atoms with Gasteiger partial charge in [-0.1, -0.05) is 0 Å². The third-order valence-electron chi connectivity index (χ3n) is 1.85. The van der Waals surface area contributed by atoms with Crippen LogP contribution in [0.5, 0.6) is 0 Å². The quantitative estimate of drug-likeness (QED) is 0.765. The molecule has 0 aromatic carbocycles. The molecule has 90 valence electrons. The number of rotatable bonds is 3. The Morgan fingerprint density at radius 1 is 1.69 bits per heavy atom. The predicted octanol–water partition coefficient (Wildman–Crippen LogP) is 0.636. The summed E-state index contributed by atoms with van der Waals surface area (Å²) in [5, 5.41) is 2.69. The molecule has 0 fully saturated rings. The van der Waals surface area contributed by atoms with E-state index in [-0.39, 0.29) is 29.9 Å². The Bertz CT molecular complexity index is 421. The van der Waals surface area contributed by atoms with E-state index in [0.29, 0.717) is 16.6 Å². The first-order valence-corrected chi connectivity index (χ1v) is 5.23. The molecule has 4 N–H and O–H groups in total. The van der Waals surface area contributed by atoms with Crippen LogP contribution < -0.4 is 16.6 Å². The van der Waals surface area contributed by atoms with Crippen LogP contribution in [0.25, 0.3) is 0 Å². The topological polar surface area (TPSA) is 88.0 Å². The van der Waals surface area contributed by atoms with Crippen LogP contribution >= 0.6 is 28.3 Å². The summed E-state index contributed by atoms with van der Waals surface area (Å²) in [5.74, 6) is -0.259. The van der Waals surface area contributed by atoms with E-state index in [1.807, 2.05) is 0 Å². The van der Waals surface area contributed by atoms with Crippen molar-refractivity contribution >= 4 is 34.2 Å². The zero-order valence-corrected chi connectivity index (χ0v) is 11.0. The van der Waals surface area contributed by atoms with E-state index in [1.165, 1.54) is 12.3 Å². The van der Waals surface area contributed by atoms with Crippen molar-refractivity contribution in [3.63, 3.8) is 0 Å². The van der Waals surface area contributed by atoms with Crippen LogP contribution in [-0.2, 0) is 0 Å². The van der Waals surface area contributed by atoms with E-state index >= 15 is 0 Å². The maximum atomic E-state index is 11.6. The van der Waals surface area contributed by atoms with Crippen LogP contribution in [0.15, 0.2) is 21.5 Å². The fraction of sp³-hybridized carbons (Fsp3) is 0.333. The molecule has 7 heteroatoms. The normalized spacial score (nSPS) is 11.4. The van der Waals surface area contributed by atoms with Gasteiger partial charge >= 0.3 is 0 Å². The highest BCUT2D eigenvalue weighted by molar-refractivity contribution is 9.10. The van der Waals surface area contributed by atoms with Crippen molar-refractivity contribution < 1.29 is 4.79 Å². The maximum absolute atomic E-state index is 11.6. The minimum Gasteiger partial charge on any atom is -0.348 e. The molecule has 0 spiro atoms. The Morgan fingerprint density at radius 3 is 2.81 bits per heavy atom. The number of nitrogens with two attached hydrogens (primary N) is 1. The molecule has 1 amide bonds. The van der Waals surface area contributed by atoms with Gasteiger partial charge in [0.2, 0.25) is 0 Å². The van der Waals surface area contributed by atoms with E-state index in [4.69, 9.17) is 5.73 Å². The van der Waals surface area contributed by atoms with Crippen molar-refractivity contribution in [2.75, 3.05) is 6.54 Å². The summed E-state index contributed by atoms with van der Waals surface area (Å²) >= 11 is 3.05. The number of carbonyl (C=O) groups is 1. The summed E-state index contributed by atoms with van der Waals surface area (Å²) in [6, 6.07) is 1.38. The molecule has 0 unspecified atom stereocenters. The number of aromatic amines is 1. The van der Waals surface area contributed by atoms with E-state index in [0.717, 1.165) is 0 Å². The highest BCUT2D eigenvalue weighted by Crippen LogP contribution is 2.05. The molecule has 0 radical (unpaired) electrons. The van der Waals surface area contributed by atoms with Crippen molar-refractivity contribution in [1.82, 2.24) is 10.3 Å². The third-order valence-corrected chi connectivity index (χ3v) is 2.44. The molecule has 0 aliphatic carbocycles. The first-order chi connectivity index (χ1) is 7.04. The monoisotopic (exact) mass is 309 g/mol. The summed E-state index contributed by atoms with van der Waals surface area (Å²) in [6.45, 7) is 2.18. The number of hydrogen-bond acceptors (Lipinski definition) is 3. The fourth-order valence-electron chi connectivity index (χ4n) is 0.953. The number of amides is 1. The second-order valence-electron chi connectivity index (χ2n) is 3.18. The number of H-pyrrole nitrogens is 1. The molecule has 0 saturated heterocycles. The fourth-order valence-corrected chi connectivity index (χ4v) is 1.31. The molecule has 16 heavy (non-hydrogen) atoms. The Balaban J connectivity index is 0.00000225. The summed E-state index contributed by atoms with van der Waals surface area (Å²) in [7, 11) is 0. The van der Waals surface area contributed by atoms with Gasteiger partial charge in [0.05, 0.1) is 10.0 Å². The first-order valence-electron chi connectivity index (χ1n) is 4.43. The number of hydrogen-bond donors (Lipinski definition) is 3. The van der Waals surface area contributed by atoms with Crippen LogP contribution in [0.3, 0.4) is 0 Å². The van der Waals surface area contributed by atoms with Crippen molar-refractivity contribution in [3.05, 3.63) is 32.7 Å². The van der Waals surface area contributed by atoms with Crippen molar-refractivity contribution in [1.29, 1.82) is 0 Å². The maximum Gasteiger partial charge on any atom is 0.262 e. The molecule has 0 aliphatic rings. The van der Waals surface area contributed by atoms with E-state index in [1.54, 1.807) is 6.92 Å². The van der Waals surface area contributed by atoms with E-state index in [9.17, 15) is 9.59 Å². The molecule has 5 nitrogen and oxygen atoms in total. The number of aromatic nitrogens is 1. The van der Waals surface area contributed by atoms with Gasteiger partial charge < -0.3 is 16.0 Å². The number of nitrogens with one attached hydrogen (secondary N) is 2. The molecule has 1 heterocycles. The van der Waals surface area contributed by atoms with Crippen LogP contribution in [0.1, 0.15) is 17.3 Å². The van der Waals surface area contributed by atoms with Gasteiger partial charge in [-0.25, -0.2) is 0 Å². The van der Waals surface area contributed by atoms with Crippen LogP contribution in [0.2, 0.25) is 0 Å². The zero-order chi connectivity index (χ0) is 11.4. The van der Waals surface area contributed by atoms with Gasteiger partial charge in [0.25, 0.3) is 11.5 Å². The largest absolute Gasteiger partial charge is 0.348 e. The predicted molar refractivity (Wildman–Crippen MR) is 68.0 cm³/mol. The van der Waals surface area contributed by atoms with Crippen molar-refractivity contribution in [3.8, 4) is 0 Å². The summed E-state index contributed by atoms with van der Waals surface area (Å²) in [4.78, 5) is 25.0. The number of halogens is 2. The van der Waals surface area contributed by atoms with Gasteiger partial charge in [-0.15, -0.1) is 12.4 Å². The average Bonchev–Trinajstić information content (AvgIpc) is 2.21. The second kappa shape index (κ2) is 6.67. The molecule has 1 rings (SSSR count). The van der Waals surface area contributed by atoms with Crippen LogP contribution in [-0.4, -0.2) is 23.5 Å². The van der Waals surface area contributed by atoms with Crippen molar-refractivity contribution in [2.45, 2.75) is 13.0 Å². The molecule has 0 bridgehead atoms. The lowest BCUT2D eigenvalue weighted by Crippen LogP contribution is -2.38. The standard InChI is InChI=1S/C9H12BrN3O2.ClH/c1-5(3-11)13-8(14)6-2-7(10)9(15)12-4-6;/h2,4-5H,3,11H2,1H3,(H,12,15)(H,13,14);1H/t5-;/m1./s1. The molecule has 0 aliphatic heterocycles. The lowest BCUT2D eigenvalue weighted by Gasteiger charge is -2.10. The Morgan fingerprint density at radius 2 is 2.31 bits per heavy atom. The Hall–Kier alpha value is -0.850. The lowest BCUT2D eigenvalue weighted by molar-refractivity contribution is 0.0941. The molecule has 1 atom stereocenters. The first kappa shape index (κ1) is 15.2. The third kappa shape index (κ3) is 3.96. The Kier molecular flexibility index (Phi) is 6.32. The zero-order valence-electron chi connectivity index (χ0n) is 8.62. The van der Waals surface area contributed by atoms with Gasteiger partial charge in [-0.2, -0.15) is 0 Å².